The Kier molecular flexibility index (Phi) is 5.84. The molecule has 0 spiro atoms. The number of pyridine rings is 1. The van der Waals surface area contributed by atoms with Crippen molar-refractivity contribution in [2.75, 3.05) is 24.7 Å². The van der Waals surface area contributed by atoms with Gasteiger partial charge in [-0.15, -0.1) is 0 Å². The Hall–Kier alpha value is -3.11. The molecule has 1 amide bonds. The highest BCUT2D eigenvalue weighted by molar-refractivity contribution is 7.89. The minimum atomic E-state index is -3.13. The molecule has 3 heterocycles. The SMILES string of the molecule is CS(=O)(=O)Cc1ccc(-c2cc(C(N)=O)c3ncnc(N[C@H]4CCCNC4)c3n2)cc1. The van der Waals surface area contributed by atoms with Crippen LogP contribution < -0.4 is 16.4 Å². The predicted molar refractivity (Wildman–Crippen MR) is 119 cm³/mol. The van der Waals surface area contributed by atoms with Crippen LogP contribution in [0.2, 0.25) is 0 Å². The first-order valence-electron chi connectivity index (χ1n) is 10.00. The first-order valence-corrected chi connectivity index (χ1v) is 12.1. The zero-order chi connectivity index (χ0) is 22.0. The number of anilines is 1. The van der Waals surface area contributed by atoms with Gasteiger partial charge in [-0.3, -0.25) is 4.79 Å². The average molecular weight is 441 g/mol. The van der Waals surface area contributed by atoms with Crippen molar-refractivity contribution in [2.45, 2.75) is 24.6 Å². The van der Waals surface area contributed by atoms with E-state index >= 15 is 0 Å². The van der Waals surface area contributed by atoms with E-state index in [1.807, 2.05) is 0 Å². The van der Waals surface area contributed by atoms with Gasteiger partial charge in [0.1, 0.15) is 17.4 Å². The van der Waals surface area contributed by atoms with Gasteiger partial charge in [-0.1, -0.05) is 24.3 Å². The third kappa shape index (κ3) is 4.97. The van der Waals surface area contributed by atoms with E-state index in [1.165, 1.54) is 12.6 Å². The van der Waals surface area contributed by atoms with Crippen molar-refractivity contribution in [1.29, 1.82) is 0 Å². The van der Waals surface area contributed by atoms with E-state index in [9.17, 15) is 13.2 Å². The summed E-state index contributed by atoms with van der Waals surface area (Å²) >= 11 is 0. The molecule has 1 saturated heterocycles. The Morgan fingerprint density at radius 1 is 1.23 bits per heavy atom. The largest absolute Gasteiger partial charge is 0.366 e. The summed E-state index contributed by atoms with van der Waals surface area (Å²) in [6, 6.07) is 8.84. The van der Waals surface area contributed by atoms with Crippen molar-refractivity contribution in [3.8, 4) is 11.3 Å². The molecule has 10 heteroatoms. The van der Waals surface area contributed by atoms with Gasteiger partial charge >= 0.3 is 0 Å². The van der Waals surface area contributed by atoms with Crippen LogP contribution in [0.15, 0.2) is 36.7 Å². The number of nitrogens with zero attached hydrogens (tertiary/aromatic N) is 3. The van der Waals surface area contributed by atoms with Gasteiger partial charge in [0.05, 0.1) is 17.0 Å². The number of hydrogen-bond acceptors (Lipinski definition) is 8. The Morgan fingerprint density at radius 2 is 2.00 bits per heavy atom. The van der Waals surface area contributed by atoms with Gasteiger partial charge in [-0.25, -0.2) is 23.4 Å². The second-order valence-electron chi connectivity index (χ2n) is 7.79. The molecule has 3 aromatic rings. The third-order valence-electron chi connectivity index (χ3n) is 5.17. The van der Waals surface area contributed by atoms with Gasteiger partial charge in [-0.05, 0) is 31.0 Å². The fourth-order valence-electron chi connectivity index (χ4n) is 3.72. The Balaban J connectivity index is 1.77. The molecule has 1 fully saturated rings. The first-order chi connectivity index (χ1) is 14.8. The van der Waals surface area contributed by atoms with Crippen molar-refractivity contribution in [3.05, 3.63) is 47.8 Å². The summed E-state index contributed by atoms with van der Waals surface area (Å²) in [5.74, 6) is -0.0921. The fourth-order valence-corrected chi connectivity index (χ4v) is 4.52. The van der Waals surface area contributed by atoms with Gasteiger partial charge in [0.25, 0.3) is 5.91 Å². The van der Waals surface area contributed by atoms with Crippen molar-refractivity contribution in [1.82, 2.24) is 20.3 Å². The molecule has 2 aromatic heterocycles. The van der Waals surface area contributed by atoms with Crippen LogP contribution in [0, 0.1) is 0 Å². The fraction of sp³-hybridized carbons (Fsp3) is 0.333. The summed E-state index contributed by atoms with van der Waals surface area (Å²) in [7, 11) is -3.13. The standard InChI is InChI=1S/C21H24N6O3S/c1-31(29,30)11-13-4-6-14(7-5-13)17-9-16(20(22)28)18-19(27-17)21(25-12-24-18)26-15-3-2-8-23-10-15/h4-7,9,12,15,23H,2-3,8,10-11H2,1H3,(H2,22,28)(H,24,25,26)/t15-/m0/s1. The van der Waals surface area contributed by atoms with E-state index in [2.05, 4.69) is 20.6 Å². The molecule has 1 aliphatic rings. The topological polar surface area (TPSA) is 140 Å². The maximum atomic E-state index is 12.1. The predicted octanol–water partition coefficient (Wildman–Crippen LogP) is 1.50. The smallest absolute Gasteiger partial charge is 0.251 e. The first kappa shape index (κ1) is 21.1. The highest BCUT2D eigenvalue weighted by Crippen LogP contribution is 2.27. The second kappa shape index (κ2) is 8.56. The zero-order valence-corrected chi connectivity index (χ0v) is 17.9. The zero-order valence-electron chi connectivity index (χ0n) is 17.1. The number of fused-ring (bicyclic) bond motifs is 1. The molecule has 1 atom stereocenters. The number of nitrogens with one attached hydrogen (secondary N) is 2. The maximum absolute atomic E-state index is 12.1. The molecule has 31 heavy (non-hydrogen) atoms. The van der Waals surface area contributed by atoms with Crippen LogP contribution in [0.4, 0.5) is 5.82 Å². The lowest BCUT2D eigenvalue weighted by molar-refractivity contribution is 0.100. The lowest BCUT2D eigenvalue weighted by atomic mass is 10.0. The lowest BCUT2D eigenvalue weighted by Gasteiger charge is -2.24. The molecule has 9 nitrogen and oxygen atoms in total. The number of amides is 1. The summed E-state index contributed by atoms with van der Waals surface area (Å²) in [5, 5.41) is 6.76. The van der Waals surface area contributed by atoms with Crippen LogP contribution >= 0.6 is 0 Å². The van der Waals surface area contributed by atoms with Crippen molar-refractivity contribution >= 4 is 32.6 Å². The number of sulfone groups is 1. The minimum absolute atomic E-state index is 0.0394. The van der Waals surface area contributed by atoms with E-state index in [4.69, 9.17) is 10.7 Å². The van der Waals surface area contributed by atoms with Crippen LogP contribution in [0.1, 0.15) is 28.8 Å². The Bertz CT molecular complexity index is 1220. The third-order valence-corrected chi connectivity index (χ3v) is 6.03. The lowest BCUT2D eigenvalue weighted by Crippen LogP contribution is -2.38. The highest BCUT2D eigenvalue weighted by atomic mass is 32.2. The molecule has 1 aromatic carbocycles. The second-order valence-corrected chi connectivity index (χ2v) is 9.93. The Morgan fingerprint density at radius 3 is 2.65 bits per heavy atom. The monoisotopic (exact) mass is 440 g/mol. The summed E-state index contributed by atoms with van der Waals surface area (Å²) < 4.78 is 23.1. The number of hydrogen-bond donors (Lipinski definition) is 3. The molecule has 0 unspecified atom stereocenters. The molecule has 1 aliphatic heterocycles. The number of rotatable bonds is 6. The maximum Gasteiger partial charge on any atom is 0.251 e. The number of primary amides is 1. The quantitative estimate of drug-likeness (QED) is 0.524. The van der Waals surface area contributed by atoms with Crippen LogP contribution in [0.5, 0.6) is 0 Å². The molecule has 0 aliphatic carbocycles. The molecule has 4 rings (SSSR count). The molecule has 0 bridgehead atoms. The molecular weight excluding hydrogens is 416 g/mol. The number of aromatic nitrogens is 3. The van der Waals surface area contributed by atoms with Crippen LogP contribution in [-0.2, 0) is 15.6 Å². The average Bonchev–Trinajstić information content (AvgIpc) is 2.73. The number of piperidine rings is 1. The van der Waals surface area contributed by atoms with Crippen LogP contribution in [-0.4, -0.2) is 54.7 Å². The molecule has 4 N–H and O–H groups in total. The van der Waals surface area contributed by atoms with Gasteiger partial charge in [0, 0.05) is 24.4 Å². The van der Waals surface area contributed by atoms with Crippen molar-refractivity contribution < 1.29 is 13.2 Å². The van der Waals surface area contributed by atoms with Crippen LogP contribution in [0.25, 0.3) is 22.3 Å². The van der Waals surface area contributed by atoms with Gasteiger partial charge in [-0.2, -0.15) is 0 Å². The van der Waals surface area contributed by atoms with E-state index in [0.717, 1.165) is 31.5 Å². The molecule has 0 radical (unpaired) electrons. The van der Waals surface area contributed by atoms with E-state index < -0.39 is 15.7 Å². The van der Waals surface area contributed by atoms with Gasteiger partial charge in [0.2, 0.25) is 0 Å². The summed E-state index contributed by atoms with van der Waals surface area (Å²) in [5.41, 5.74) is 8.70. The van der Waals surface area contributed by atoms with E-state index in [0.29, 0.717) is 28.1 Å². The minimum Gasteiger partial charge on any atom is -0.366 e. The van der Waals surface area contributed by atoms with E-state index in [1.54, 1.807) is 30.3 Å². The van der Waals surface area contributed by atoms with E-state index in [-0.39, 0.29) is 17.4 Å². The summed E-state index contributed by atoms with van der Waals surface area (Å²) in [6.07, 6.45) is 4.66. The molecule has 0 saturated carbocycles. The molecular formula is C21H24N6O3S. The van der Waals surface area contributed by atoms with Gasteiger partial charge in [0.15, 0.2) is 15.7 Å². The Labute approximate surface area is 180 Å². The van der Waals surface area contributed by atoms with Crippen molar-refractivity contribution in [2.24, 2.45) is 5.73 Å². The van der Waals surface area contributed by atoms with Crippen LogP contribution in [0.3, 0.4) is 0 Å². The number of benzene rings is 1. The summed E-state index contributed by atoms with van der Waals surface area (Å²) in [4.78, 5) is 25.5. The normalized spacial score (nSPS) is 16.9. The van der Waals surface area contributed by atoms with Gasteiger partial charge < -0.3 is 16.4 Å². The number of carbonyl (C=O) groups is 1. The highest BCUT2D eigenvalue weighted by Gasteiger charge is 2.19. The summed E-state index contributed by atoms with van der Waals surface area (Å²) in [6.45, 7) is 1.81. The number of nitrogens with two attached hydrogens (primary N) is 1. The molecule has 162 valence electrons. The number of carbonyl (C=O) groups excluding carboxylic acids is 1. The van der Waals surface area contributed by atoms with Crippen molar-refractivity contribution in [3.63, 3.8) is 0 Å².